The Morgan fingerprint density at radius 1 is 1.44 bits per heavy atom. The highest BCUT2D eigenvalue weighted by Gasteiger charge is 2.47. The van der Waals surface area contributed by atoms with Gasteiger partial charge in [0.25, 0.3) is 0 Å². The van der Waals surface area contributed by atoms with Gasteiger partial charge in [0.15, 0.2) is 0 Å². The van der Waals surface area contributed by atoms with Gasteiger partial charge in [-0.3, -0.25) is 10.1 Å². The molecule has 1 heterocycles. The number of carbonyl (C=O) groups is 1. The molecule has 0 aromatic heterocycles. The average molecular weight is 227 g/mol. The topological polar surface area (TPSA) is 47.6 Å². The molecule has 1 spiro atoms. The summed E-state index contributed by atoms with van der Waals surface area (Å²) in [5.74, 6) is -0.222. The van der Waals surface area contributed by atoms with E-state index in [-0.39, 0.29) is 23.2 Å². The zero-order chi connectivity index (χ0) is 11.8. The van der Waals surface area contributed by atoms with Crippen molar-refractivity contribution in [2.24, 2.45) is 5.41 Å². The highest BCUT2D eigenvalue weighted by Crippen LogP contribution is 2.43. The Morgan fingerprint density at radius 2 is 2.19 bits per heavy atom. The van der Waals surface area contributed by atoms with Crippen LogP contribution in [0.1, 0.15) is 39.5 Å². The van der Waals surface area contributed by atoms with Gasteiger partial charge in [-0.1, -0.05) is 13.8 Å². The summed E-state index contributed by atoms with van der Waals surface area (Å²) in [5, 5.41) is 3.32. The monoisotopic (exact) mass is 227 g/mol. The summed E-state index contributed by atoms with van der Waals surface area (Å²) < 4.78 is 10.6. The van der Waals surface area contributed by atoms with Gasteiger partial charge in [-0.25, -0.2) is 0 Å². The molecule has 2 aliphatic rings. The normalized spacial score (nSPS) is 37.6. The maximum atomic E-state index is 11.4. The van der Waals surface area contributed by atoms with Crippen molar-refractivity contribution in [3.05, 3.63) is 0 Å². The Morgan fingerprint density at radius 3 is 2.81 bits per heavy atom. The summed E-state index contributed by atoms with van der Waals surface area (Å²) in [6.45, 7) is 4.94. The van der Waals surface area contributed by atoms with E-state index in [1.165, 1.54) is 13.5 Å². The number of rotatable bonds is 1. The average Bonchev–Trinajstić information content (AvgIpc) is 2.59. The summed E-state index contributed by atoms with van der Waals surface area (Å²) in [5.41, 5.74) is -0.00311. The van der Waals surface area contributed by atoms with Crippen molar-refractivity contribution in [2.45, 2.75) is 51.3 Å². The van der Waals surface area contributed by atoms with E-state index < -0.39 is 0 Å². The van der Waals surface area contributed by atoms with Crippen LogP contribution < -0.4 is 5.32 Å². The molecule has 4 nitrogen and oxygen atoms in total. The molecule has 1 aliphatic heterocycles. The summed E-state index contributed by atoms with van der Waals surface area (Å²) in [7, 11) is 1.42. The molecular weight excluding hydrogens is 206 g/mol. The SMILES string of the molecule is COC(=O)C1COC2(CCCC(C)(C)C2)N1. The standard InChI is InChI=1S/C12H21NO3/c1-11(2)5-4-6-12(8-11)13-9(7-16-12)10(14)15-3/h9,13H,4-8H2,1-3H3. The van der Waals surface area contributed by atoms with Crippen molar-refractivity contribution in [3.63, 3.8) is 0 Å². The van der Waals surface area contributed by atoms with Crippen LogP contribution in [0.2, 0.25) is 0 Å². The molecule has 92 valence electrons. The first-order valence-electron chi connectivity index (χ1n) is 5.96. The van der Waals surface area contributed by atoms with Crippen LogP contribution >= 0.6 is 0 Å². The third-order valence-electron chi connectivity index (χ3n) is 3.65. The lowest BCUT2D eigenvalue weighted by Gasteiger charge is -2.42. The minimum absolute atomic E-state index is 0.222. The number of hydrogen-bond acceptors (Lipinski definition) is 4. The maximum absolute atomic E-state index is 11.4. The molecule has 1 saturated carbocycles. The Kier molecular flexibility index (Phi) is 2.97. The molecule has 2 fully saturated rings. The summed E-state index contributed by atoms with van der Waals surface area (Å²) in [6.07, 6.45) is 4.33. The molecule has 0 amide bonds. The van der Waals surface area contributed by atoms with Gasteiger partial charge in [0.2, 0.25) is 0 Å². The number of methoxy groups -OCH3 is 1. The van der Waals surface area contributed by atoms with Gasteiger partial charge < -0.3 is 9.47 Å². The second-order valence-corrected chi connectivity index (χ2v) is 5.72. The molecule has 0 aromatic rings. The first kappa shape index (κ1) is 11.9. The molecule has 2 rings (SSSR count). The summed E-state index contributed by atoms with van der Waals surface area (Å²) in [4.78, 5) is 11.4. The highest BCUT2D eigenvalue weighted by atomic mass is 16.5. The Labute approximate surface area is 96.7 Å². The molecular formula is C12H21NO3. The van der Waals surface area contributed by atoms with Crippen LogP contribution in [0.3, 0.4) is 0 Å². The van der Waals surface area contributed by atoms with Gasteiger partial charge in [-0.05, 0) is 31.1 Å². The van der Waals surface area contributed by atoms with E-state index in [2.05, 4.69) is 19.2 Å². The fourth-order valence-corrected chi connectivity index (χ4v) is 2.96. The van der Waals surface area contributed by atoms with Crippen molar-refractivity contribution in [3.8, 4) is 0 Å². The van der Waals surface area contributed by atoms with E-state index >= 15 is 0 Å². The van der Waals surface area contributed by atoms with Crippen LogP contribution in [0.25, 0.3) is 0 Å². The molecule has 0 radical (unpaired) electrons. The van der Waals surface area contributed by atoms with E-state index in [1.807, 2.05) is 0 Å². The van der Waals surface area contributed by atoms with Gasteiger partial charge in [0.05, 0.1) is 13.7 Å². The zero-order valence-electron chi connectivity index (χ0n) is 10.3. The van der Waals surface area contributed by atoms with Gasteiger partial charge in [0.1, 0.15) is 11.8 Å². The van der Waals surface area contributed by atoms with Crippen LogP contribution in [0.4, 0.5) is 0 Å². The molecule has 1 saturated heterocycles. The highest BCUT2D eigenvalue weighted by molar-refractivity contribution is 5.76. The van der Waals surface area contributed by atoms with Crippen molar-refractivity contribution >= 4 is 5.97 Å². The van der Waals surface area contributed by atoms with Crippen molar-refractivity contribution < 1.29 is 14.3 Å². The van der Waals surface area contributed by atoms with E-state index in [0.717, 1.165) is 19.3 Å². The van der Waals surface area contributed by atoms with Crippen LogP contribution in [0.15, 0.2) is 0 Å². The number of carbonyl (C=O) groups excluding carboxylic acids is 1. The first-order chi connectivity index (χ1) is 7.46. The largest absolute Gasteiger partial charge is 0.468 e. The Balaban J connectivity index is 2.03. The minimum atomic E-state index is -0.293. The molecule has 4 heteroatoms. The third-order valence-corrected chi connectivity index (χ3v) is 3.65. The van der Waals surface area contributed by atoms with Crippen LogP contribution in [-0.4, -0.2) is 31.5 Å². The van der Waals surface area contributed by atoms with Crippen LogP contribution in [-0.2, 0) is 14.3 Å². The molecule has 2 unspecified atom stereocenters. The lowest BCUT2D eigenvalue weighted by Crippen LogP contribution is -2.51. The second-order valence-electron chi connectivity index (χ2n) is 5.72. The lowest BCUT2D eigenvalue weighted by molar-refractivity contribution is -0.142. The lowest BCUT2D eigenvalue weighted by atomic mass is 9.73. The van der Waals surface area contributed by atoms with Gasteiger partial charge in [-0.15, -0.1) is 0 Å². The Hall–Kier alpha value is -0.610. The third kappa shape index (κ3) is 2.23. The predicted molar refractivity (Wildman–Crippen MR) is 59.9 cm³/mol. The molecule has 1 N–H and O–H groups in total. The van der Waals surface area contributed by atoms with Crippen LogP contribution in [0.5, 0.6) is 0 Å². The van der Waals surface area contributed by atoms with Crippen molar-refractivity contribution in [1.82, 2.24) is 5.32 Å². The van der Waals surface area contributed by atoms with E-state index in [1.54, 1.807) is 0 Å². The predicted octanol–water partition coefficient (Wildman–Crippen LogP) is 1.44. The summed E-state index contributed by atoms with van der Waals surface area (Å²) in [6, 6.07) is -0.293. The van der Waals surface area contributed by atoms with E-state index in [4.69, 9.17) is 9.47 Å². The quantitative estimate of drug-likeness (QED) is 0.689. The molecule has 0 bridgehead atoms. The fourth-order valence-electron chi connectivity index (χ4n) is 2.96. The number of ether oxygens (including phenoxy) is 2. The maximum Gasteiger partial charge on any atom is 0.325 e. The van der Waals surface area contributed by atoms with Crippen molar-refractivity contribution in [2.75, 3.05) is 13.7 Å². The smallest absolute Gasteiger partial charge is 0.325 e. The van der Waals surface area contributed by atoms with E-state index in [9.17, 15) is 4.79 Å². The van der Waals surface area contributed by atoms with Gasteiger partial charge >= 0.3 is 5.97 Å². The number of esters is 1. The van der Waals surface area contributed by atoms with Gasteiger partial charge in [0, 0.05) is 0 Å². The van der Waals surface area contributed by atoms with Crippen LogP contribution in [0, 0.1) is 5.41 Å². The molecule has 2 atom stereocenters. The number of nitrogens with one attached hydrogen (secondary N) is 1. The Bertz CT molecular complexity index is 290. The molecule has 0 aromatic carbocycles. The second kappa shape index (κ2) is 4.00. The fraction of sp³-hybridized carbons (Fsp3) is 0.917. The first-order valence-corrected chi connectivity index (χ1v) is 5.96. The summed E-state index contributed by atoms with van der Waals surface area (Å²) >= 11 is 0. The number of hydrogen-bond donors (Lipinski definition) is 1. The van der Waals surface area contributed by atoms with Gasteiger partial charge in [-0.2, -0.15) is 0 Å². The van der Waals surface area contributed by atoms with Crippen molar-refractivity contribution in [1.29, 1.82) is 0 Å². The minimum Gasteiger partial charge on any atom is -0.468 e. The molecule has 1 aliphatic carbocycles. The molecule has 16 heavy (non-hydrogen) atoms. The zero-order valence-corrected chi connectivity index (χ0v) is 10.3. The van der Waals surface area contributed by atoms with E-state index in [0.29, 0.717) is 6.61 Å².